The Balaban J connectivity index is 1.53. The number of hydrogen-bond donors (Lipinski definition) is 2. The standard InChI is InChI=1S/C23H25N9O3S/c1-12(2)32-22-17(10-27-20(31-22)18-13(3)28-11-29-19(18)14-4-5-14)30-21(23(32)33)26-8-15-6-7-16(9-25-15)36(24,34)35/h6-7,9-12,14H,4-5,8H2,1-3H3,(H,26,30)(H2,24,34,35). The lowest BCUT2D eigenvalue weighted by Gasteiger charge is -2.16. The number of hydrogen-bond acceptors (Lipinski definition) is 10. The van der Waals surface area contributed by atoms with Gasteiger partial charge in [0.2, 0.25) is 10.0 Å². The number of rotatable bonds is 7. The largest absolute Gasteiger partial charge is 0.360 e. The van der Waals surface area contributed by atoms with Crippen LogP contribution in [0.4, 0.5) is 5.82 Å². The van der Waals surface area contributed by atoms with Crippen LogP contribution in [0, 0.1) is 6.92 Å². The number of aryl methyl sites for hydroxylation is 1. The van der Waals surface area contributed by atoms with Gasteiger partial charge in [-0.1, -0.05) is 0 Å². The molecule has 5 rings (SSSR count). The topological polar surface area (TPSA) is 172 Å². The molecule has 12 nitrogen and oxygen atoms in total. The maximum absolute atomic E-state index is 13.4. The fourth-order valence-corrected chi connectivity index (χ4v) is 4.47. The zero-order valence-electron chi connectivity index (χ0n) is 20.0. The number of sulfonamides is 1. The number of nitrogens with one attached hydrogen (secondary N) is 1. The van der Waals surface area contributed by atoms with E-state index in [2.05, 4.69) is 30.2 Å². The fraction of sp³-hybridized carbons (Fsp3) is 0.348. The molecular formula is C23H25N9O3S. The molecule has 4 heterocycles. The van der Waals surface area contributed by atoms with Crippen molar-refractivity contribution < 1.29 is 8.42 Å². The van der Waals surface area contributed by atoms with E-state index < -0.39 is 10.0 Å². The zero-order valence-corrected chi connectivity index (χ0v) is 20.8. The van der Waals surface area contributed by atoms with Gasteiger partial charge >= 0.3 is 0 Å². The van der Waals surface area contributed by atoms with E-state index in [0.717, 1.165) is 29.8 Å². The molecule has 0 aliphatic heterocycles. The van der Waals surface area contributed by atoms with E-state index in [4.69, 9.17) is 10.1 Å². The van der Waals surface area contributed by atoms with Crippen LogP contribution in [0.5, 0.6) is 0 Å². The Morgan fingerprint density at radius 3 is 2.53 bits per heavy atom. The highest BCUT2D eigenvalue weighted by Crippen LogP contribution is 2.43. The maximum atomic E-state index is 13.4. The maximum Gasteiger partial charge on any atom is 0.295 e. The van der Waals surface area contributed by atoms with E-state index in [1.165, 1.54) is 18.3 Å². The lowest BCUT2D eigenvalue weighted by atomic mass is 10.1. The molecule has 0 spiro atoms. The molecule has 1 saturated carbocycles. The smallest absolute Gasteiger partial charge is 0.295 e. The molecule has 0 radical (unpaired) electrons. The van der Waals surface area contributed by atoms with Crippen LogP contribution in [0.1, 0.15) is 55.7 Å². The van der Waals surface area contributed by atoms with E-state index in [9.17, 15) is 13.2 Å². The van der Waals surface area contributed by atoms with Gasteiger partial charge in [0.1, 0.15) is 16.7 Å². The van der Waals surface area contributed by atoms with E-state index in [1.54, 1.807) is 17.1 Å². The Hall–Kier alpha value is -3.84. The van der Waals surface area contributed by atoms with E-state index in [1.807, 2.05) is 20.8 Å². The van der Waals surface area contributed by atoms with Gasteiger partial charge in [-0.2, -0.15) is 0 Å². The quantitative estimate of drug-likeness (QED) is 0.377. The highest BCUT2D eigenvalue weighted by atomic mass is 32.2. The van der Waals surface area contributed by atoms with Crippen molar-refractivity contribution >= 4 is 27.0 Å². The predicted molar refractivity (Wildman–Crippen MR) is 133 cm³/mol. The number of aromatic nitrogens is 7. The fourth-order valence-electron chi connectivity index (χ4n) is 4.01. The van der Waals surface area contributed by atoms with Crippen molar-refractivity contribution in [1.82, 2.24) is 34.5 Å². The van der Waals surface area contributed by atoms with Gasteiger partial charge in [0, 0.05) is 18.2 Å². The highest BCUT2D eigenvalue weighted by Gasteiger charge is 2.30. The van der Waals surface area contributed by atoms with Crippen LogP contribution in [0.15, 0.2) is 40.5 Å². The normalized spacial score (nSPS) is 13.9. The third-order valence-electron chi connectivity index (χ3n) is 5.97. The van der Waals surface area contributed by atoms with Crippen LogP contribution in [0.3, 0.4) is 0 Å². The van der Waals surface area contributed by atoms with Gasteiger partial charge in [0.25, 0.3) is 5.56 Å². The number of nitrogens with two attached hydrogens (primary N) is 1. The number of primary sulfonamides is 1. The van der Waals surface area contributed by atoms with Crippen molar-refractivity contribution in [3.63, 3.8) is 0 Å². The molecule has 0 unspecified atom stereocenters. The van der Waals surface area contributed by atoms with Crippen molar-refractivity contribution in [3.05, 3.63) is 58.3 Å². The molecule has 0 atom stereocenters. The summed E-state index contributed by atoms with van der Waals surface area (Å²) in [4.78, 5) is 40.0. The summed E-state index contributed by atoms with van der Waals surface area (Å²) in [5.41, 5.74) is 3.58. The Bertz CT molecular complexity index is 1630. The van der Waals surface area contributed by atoms with Gasteiger partial charge in [-0.05, 0) is 45.7 Å². The SMILES string of the molecule is Cc1ncnc(C2CC2)c1-c1ncc2nc(NCc3ccc(S(N)(=O)=O)cn3)c(=O)n(C(C)C)c2n1. The number of nitrogens with zero attached hydrogens (tertiary/aromatic N) is 7. The minimum atomic E-state index is -3.83. The van der Waals surface area contributed by atoms with Crippen LogP contribution in [0.25, 0.3) is 22.6 Å². The van der Waals surface area contributed by atoms with Gasteiger partial charge in [0.15, 0.2) is 17.3 Å². The molecule has 0 aromatic carbocycles. The first kappa shape index (κ1) is 23.9. The molecule has 36 heavy (non-hydrogen) atoms. The van der Waals surface area contributed by atoms with Crippen molar-refractivity contribution in [1.29, 1.82) is 0 Å². The first-order valence-corrected chi connectivity index (χ1v) is 13.0. The molecular weight excluding hydrogens is 482 g/mol. The van der Waals surface area contributed by atoms with E-state index in [0.29, 0.717) is 28.6 Å². The number of fused-ring (bicyclic) bond motifs is 1. The van der Waals surface area contributed by atoms with Crippen LogP contribution >= 0.6 is 0 Å². The Morgan fingerprint density at radius 1 is 1.11 bits per heavy atom. The second kappa shape index (κ2) is 8.99. The number of anilines is 1. The molecule has 13 heteroatoms. The first-order valence-electron chi connectivity index (χ1n) is 11.5. The minimum Gasteiger partial charge on any atom is -0.360 e. The van der Waals surface area contributed by atoms with Crippen molar-refractivity contribution in [3.8, 4) is 11.4 Å². The van der Waals surface area contributed by atoms with Gasteiger partial charge in [-0.15, -0.1) is 0 Å². The molecule has 3 N–H and O–H groups in total. The summed E-state index contributed by atoms with van der Waals surface area (Å²) in [6.07, 6.45) is 6.48. The second-order valence-electron chi connectivity index (χ2n) is 9.01. The van der Waals surface area contributed by atoms with Gasteiger partial charge in [0.05, 0.1) is 35.4 Å². The van der Waals surface area contributed by atoms with Crippen LogP contribution in [-0.4, -0.2) is 42.9 Å². The van der Waals surface area contributed by atoms with Crippen LogP contribution in [0.2, 0.25) is 0 Å². The second-order valence-corrected chi connectivity index (χ2v) is 10.6. The molecule has 1 aliphatic rings. The zero-order chi connectivity index (χ0) is 25.6. The Kier molecular flexibility index (Phi) is 5.96. The predicted octanol–water partition coefficient (Wildman–Crippen LogP) is 2.06. The molecule has 4 aromatic rings. The molecule has 1 fully saturated rings. The van der Waals surface area contributed by atoms with Crippen LogP contribution < -0.4 is 16.0 Å². The van der Waals surface area contributed by atoms with E-state index >= 15 is 0 Å². The highest BCUT2D eigenvalue weighted by molar-refractivity contribution is 7.89. The Labute approximate surface area is 207 Å². The molecule has 4 aromatic heterocycles. The summed E-state index contributed by atoms with van der Waals surface area (Å²) >= 11 is 0. The van der Waals surface area contributed by atoms with Crippen molar-refractivity contribution in [2.24, 2.45) is 5.14 Å². The lowest BCUT2D eigenvalue weighted by Crippen LogP contribution is -2.27. The summed E-state index contributed by atoms with van der Waals surface area (Å²) < 4.78 is 24.4. The van der Waals surface area contributed by atoms with Gasteiger partial charge in [-0.3, -0.25) is 14.3 Å². The molecule has 0 saturated heterocycles. The average molecular weight is 508 g/mol. The summed E-state index contributed by atoms with van der Waals surface area (Å²) in [6.45, 7) is 5.85. The van der Waals surface area contributed by atoms with E-state index in [-0.39, 0.29) is 28.9 Å². The van der Waals surface area contributed by atoms with Crippen molar-refractivity contribution in [2.45, 2.75) is 57.0 Å². The van der Waals surface area contributed by atoms with Crippen LogP contribution in [-0.2, 0) is 16.6 Å². The molecule has 186 valence electrons. The summed E-state index contributed by atoms with van der Waals surface area (Å²) in [5.74, 6) is 0.964. The average Bonchev–Trinajstić information content (AvgIpc) is 3.67. The summed E-state index contributed by atoms with van der Waals surface area (Å²) in [5, 5.41) is 8.11. The van der Waals surface area contributed by atoms with Gasteiger partial charge in [-0.25, -0.2) is 38.5 Å². The van der Waals surface area contributed by atoms with Gasteiger partial charge < -0.3 is 5.32 Å². The third kappa shape index (κ3) is 4.54. The Morgan fingerprint density at radius 2 is 1.89 bits per heavy atom. The molecule has 1 aliphatic carbocycles. The summed E-state index contributed by atoms with van der Waals surface area (Å²) in [7, 11) is -3.83. The number of pyridine rings is 1. The monoisotopic (exact) mass is 507 g/mol. The minimum absolute atomic E-state index is 0.0888. The molecule has 0 bridgehead atoms. The molecule has 0 amide bonds. The lowest BCUT2D eigenvalue weighted by molar-refractivity contribution is 0.593. The van der Waals surface area contributed by atoms with Crippen molar-refractivity contribution in [2.75, 3.05) is 5.32 Å². The first-order chi connectivity index (χ1) is 17.1. The third-order valence-corrected chi connectivity index (χ3v) is 6.86. The summed E-state index contributed by atoms with van der Waals surface area (Å²) in [6, 6.07) is 2.68.